The van der Waals surface area contributed by atoms with Gasteiger partial charge in [-0.15, -0.1) is 0 Å². The Morgan fingerprint density at radius 3 is 2.52 bits per heavy atom. The Morgan fingerprint density at radius 1 is 1.17 bits per heavy atom. The van der Waals surface area contributed by atoms with Crippen LogP contribution in [0, 0.1) is 18.7 Å². The fourth-order valence-electron chi connectivity index (χ4n) is 4.55. The van der Waals surface area contributed by atoms with Gasteiger partial charge in [0.1, 0.15) is 17.2 Å². The van der Waals surface area contributed by atoms with E-state index in [1.165, 1.54) is 12.1 Å². The van der Waals surface area contributed by atoms with Gasteiger partial charge in [-0.3, -0.25) is 4.90 Å². The summed E-state index contributed by atoms with van der Waals surface area (Å²) in [7, 11) is 0. The lowest BCUT2D eigenvalue weighted by Crippen LogP contribution is -2.54. The number of carbonyl (C=O) groups is 1. The maximum absolute atomic E-state index is 13.4. The summed E-state index contributed by atoms with van der Waals surface area (Å²) in [4.78, 5) is 24.4. The number of nitrogens with zero attached hydrogens (tertiary/aromatic N) is 3. The molecule has 2 bridgehead atoms. The number of fused-ring (bicyclic) bond motifs is 4. The molecule has 3 heterocycles. The van der Waals surface area contributed by atoms with Gasteiger partial charge in [0.25, 0.3) is 0 Å². The molecule has 0 spiro atoms. The van der Waals surface area contributed by atoms with Crippen molar-refractivity contribution in [3.63, 3.8) is 0 Å². The van der Waals surface area contributed by atoms with E-state index in [4.69, 9.17) is 14.7 Å². The number of piperidine rings is 1. The minimum atomic E-state index is -0.546. The van der Waals surface area contributed by atoms with Crippen LogP contribution in [0.15, 0.2) is 24.3 Å². The number of hydrogen-bond acceptors (Lipinski definition) is 4. The van der Waals surface area contributed by atoms with Crippen molar-refractivity contribution in [2.45, 2.75) is 71.6 Å². The Hall–Kier alpha value is -2.50. The molecule has 1 unspecified atom stereocenters. The molecule has 2 aliphatic heterocycles. The molecule has 6 heteroatoms. The molecule has 2 aromatic rings. The van der Waals surface area contributed by atoms with Crippen LogP contribution in [0.25, 0.3) is 11.3 Å². The summed E-state index contributed by atoms with van der Waals surface area (Å²) in [5, 5.41) is 0. The highest BCUT2D eigenvalue weighted by Crippen LogP contribution is 2.46. The Kier molecular flexibility index (Phi) is 4.83. The lowest BCUT2D eigenvalue weighted by atomic mass is 9.76. The first-order valence-corrected chi connectivity index (χ1v) is 10.3. The fraction of sp³-hybridized carbons (Fsp3) is 0.522. The van der Waals surface area contributed by atoms with Gasteiger partial charge >= 0.3 is 6.09 Å². The maximum Gasteiger partial charge on any atom is 0.411 e. The number of benzene rings is 1. The molecule has 154 valence electrons. The highest BCUT2D eigenvalue weighted by molar-refractivity contribution is 5.72. The largest absolute Gasteiger partial charge is 0.444 e. The zero-order chi connectivity index (χ0) is 20.9. The Morgan fingerprint density at radius 2 is 1.86 bits per heavy atom. The van der Waals surface area contributed by atoms with Crippen molar-refractivity contribution >= 4 is 6.09 Å². The summed E-state index contributed by atoms with van der Waals surface area (Å²) in [6, 6.07) is 6.36. The molecule has 0 saturated carbocycles. The quantitative estimate of drug-likeness (QED) is 0.662. The number of hydrogen-bond donors (Lipinski definition) is 0. The van der Waals surface area contributed by atoms with Crippen molar-refractivity contribution in [2.75, 3.05) is 0 Å². The molecule has 0 radical (unpaired) electrons. The van der Waals surface area contributed by atoms with Crippen molar-refractivity contribution in [3.8, 4) is 11.3 Å². The molecule has 1 saturated heterocycles. The molecule has 2 aliphatic rings. The minimum absolute atomic E-state index is 0.0432. The van der Waals surface area contributed by atoms with Gasteiger partial charge in [0.15, 0.2) is 0 Å². The van der Waals surface area contributed by atoms with Crippen LogP contribution in [0.2, 0.25) is 0 Å². The van der Waals surface area contributed by atoms with E-state index in [-0.39, 0.29) is 24.0 Å². The van der Waals surface area contributed by atoms with Crippen LogP contribution >= 0.6 is 0 Å². The number of amides is 1. The third kappa shape index (κ3) is 3.72. The zero-order valence-electron chi connectivity index (χ0n) is 17.7. The average Bonchev–Trinajstić information content (AvgIpc) is 2.63. The zero-order valence-corrected chi connectivity index (χ0v) is 17.7. The van der Waals surface area contributed by atoms with E-state index in [1.807, 2.05) is 32.6 Å². The minimum Gasteiger partial charge on any atom is -0.444 e. The number of aryl methyl sites for hydroxylation is 1. The van der Waals surface area contributed by atoms with Crippen LogP contribution in [-0.2, 0) is 11.2 Å². The Labute approximate surface area is 171 Å². The molecule has 1 aromatic carbocycles. The third-order valence-electron chi connectivity index (χ3n) is 5.85. The Bertz CT molecular complexity index is 936. The van der Waals surface area contributed by atoms with E-state index in [9.17, 15) is 9.18 Å². The predicted molar refractivity (Wildman–Crippen MR) is 109 cm³/mol. The maximum atomic E-state index is 13.4. The molecule has 29 heavy (non-hydrogen) atoms. The van der Waals surface area contributed by atoms with E-state index in [2.05, 4.69) is 6.92 Å². The normalized spacial score (nSPS) is 23.5. The van der Waals surface area contributed by atoms with Gasteiger partial charge in [-0.1, -0.05) is 6.92 Å². The molecule has 5 nitrogen and oxygen atoms in total. The van der Waals surface area contributed by atoms with E-state index in [0.29, 0.717) is 18.2 Å². The second-order valence-electron chi connectivity index (χ2n) is 9.22. The van der Waals surface area contributed by atoms with Crippen LogP contribution in [0.1, 0.15) is 63.7 Å². The van der Waals surface area contributed by atoms with Crippen molar-refractivity contribution in [1.82, 2.24) is 14.9 Å². The molecule has 0 aliphatic carbocycles. The van der Waals surface area contributed by atoms with Gasteiger partial charge in [0, 0.05) is 17.2 Å². The first kappa shape index (κ1) is 19.8. The molecule has 1 fully saturated rings. The fourth-order valence-corrected chi connectivity index (χ4v) is 4.55. The first-order valence-electron chi connectivity index (χ1n) is 10.3. The number of aromatic nitrogens is 2. The number of rotatable bonds is 1. The first-order chi connectivity index (χ1) is 13.6. The molecule has 3 atom stereocenters. The number of ether oxygens (including phenoxy) is 1. The molecule has 1 aromatic heterocycles. The average molecular weight is 397 g/mol. The standard InChI is InChI=1S/C23H28FN3O2/c1-13-6-11-18-21-17(12-19(13)27(18)22(28)29-23(3,4)5)20(25-14(2)26-21)15-7-9-16(24)10-8-15/h7-10,13,18-19H,6,11-12H2,1-5H3/t13?,18-,19-/m0/s1. The Balaban J connectivity index is 1.81. The van der Waals surface area contributed by atoms with Crippen molar-refractivity contribution in [1.29, 1.82) is 0 Å². The molecular weight excluding hydrogens is 369 g/mol. The number of halogens is 1. The second kappa shape index (κ2) is 7.08. The SMILES string of the molecule is Cc1nc(-c2ccc(F)cc2)c2c(n1)[C@@H]1CCC(C)[C@H](C2)N1C(=O)OC(C)(C)C. The summed E-state index contributed by atoms with van der Waals surface area (Å²) in [5.74, 6) is 0.744. The molecular formula is C23H28FN3O2. The van der Waals surface area contributed by atoms with Gasteiger partial charge in [-0.05, 0) is 77.1 Å². The van der Waals surface area contributed by atoms with Crippen LogP contribution < -0.4 is 0 Å². The van der Waals surface area contributed by atoms with Crippen molar-refractivity contribution in [3.05, 3.63) is 47.2 Å². The molecule has 4 rings (SSSR count). The van der Waals surface area contributed by atoms with Gasteiger partial charge < -0.3 is 4.74 Å². The number of carbonyl (C=O) groups excluding carboxylic acids is 1. The summed E-state index contributed by atoms with van der Waals surface area (Å²) in [6.07, 6.45) is 2.30. The second-order valence-corrected chi connectivity index (χ2v) is 9.22. The predicted octanol–water partition coefficient (Wildman–Crippen LogP) is 5.22. The molecule has 0 N–H and O–H groups in total. The van der Waals surface area contributed by atoms with E-state index >= 15 is 0 Å². The third-order valence-corrected chi connectivity index (χ3v) is 5.85. The lowest BCUT2D eigenvalue weighted by Gasteiger charge is -2.49. The van der Waals surface area contributed by atoms with Gasteiger partial charge in [0.05, 0.1) is 17.4 Å². The van der Waals surface area contributed by atoms with E-state index in [1.54, 1.807) is 12.1 Å². The van der Waals surface area contributed by atoms with Crippen LogP contribution in [-0.4, -0.2) is 32.6 Å². The summed E-state index contributed by atoms with van der Waals surface area (Å²) in [5.41, 5.74) is 3.16. The van der Waals surface area contributed by atoms with E-state index in [0.717, 1.165) is 35.4 Å². The summed E-state index contributed by atoms with van der Waals surface area (Å²) >= 11 is 0. The highest BCUT2D eigenvalue weighted by Gasteiger charge is 2.46. The smallest absolute Gasteiger partial charge is 0.411 e. The summed E-state index contributed by atoms with van der Waals surface area (Å²) in [6.45, 7) is 9.72. The van der Waals surface area contributed by atoms with Crippen molar-refractivity contribution < 1.29 is 13.9 Å². The lowest BCUT2D eigenvalue weighted by molar-refractivity contribution is -0.0224. The molecule has 1 amide bonds. The summed E-state index contributed by atoms with van der Waals surface area (Å²) < 4.78 is 19.2. The van der Waals surface area contributed by atoms with Crippen molar-refractivity contribution in [2.24, 2.45) is 5.92 Å². The topological polar surface area (TPSA) is 55.3 Å². The monoisotopic (exact) mass is 397 g/mol. The van der Waals surface area contributed by atoms with Crippen LogP contribution in [0.3, 0.4) is 0 Å². The van der Waals surface area contributed by atoms with Crippen LogP contribution in [0.5, 0.6) is 0 Å². The highest BCUT2D eigenvalue weighted by atomic mass is 19.1. The van der Waals surface area contributed by atoms with Crippen LogP contribution in [0.4, 0.5) is 9.18 Å². The van der Waals surface area contributed by atoms with E-state index < -0.39 is 5.60 Å². The van der Waals surface area contributed by atoms with Gasteiger partial charge in [-0.2, -0.15) is 0 Å². The van der Waals surface area contributed by atoms with Gasteiger partial charge in [-0.25, -0.2) is 19.2 Å². The van der Waals surface area contributed by atoms with Gasteiger partial charge in [0.2, 0.25) is 0 Å².